The molecule has 1 aromatic carbocycles. The molecule has 0 fully saturated rings. The fourth-order valence-electron chi connectivity index (χ4n) is 1.52. The maximum absolute atomic E-state index is 11.6. The molecule has 0 heterocycles. The number of carbonyl (C=O) groups is 3. The Hall–Kier alpha value is -2.57. The molecule has 0 saturated heterocycles. The van der Waals surface area contributed by atoms with Crippen molar-refractivity contribution in [3.63, 3.8) is 0 Å². The lowest BCUT2D eigenvalue weighted by Crippen LogP contribution is -2.25. The van der Waals surface area contributed by atoms with E-state index in [9.17, 15) is 14.4 Å². The van der Waals surface area contributed by atoms with Crippen molar-refractivity contribution in [3.8, 4) is 5.75 Å². The lowest BCUT2D eigenvalue weighted by atomic mass is 10.2. The minimum Gasteiger partial charge on any atom is -0.496 e. The Balaban J connectivity index is 2.66. The van der Waals surface area contributed by atoms with Gasteiger partial charge in [0.2, 0.25) is 11.8 Å². The highest BCUT2D eigenvalue weighted by atomic mass is 16.5. The zero-order valence-corrected chi connectivity index (χ0v) is 11.2. The Morgan fingerprint density at radius 2 is 2.00 bits per heavy atom. The summed E-state index contributed by atoms with van der Waals surface area (Å²) in [4.78, 5) is 33.2. The van der Waals surface area contributed by atoms with Crippen molar-refractivity contribution in [1.82, 2.24) is 5.32 Å². The van der Waals surface area contributed by atoms with Crippen molar-refractivity contribution in [3.05, 3.63) is 23.8 Å². The summed E-state index contributed by atoms with van der Waals surface area (Å²) in [5.41, 5.74) is 0.448. The summed E-state index contributed by atoms with van der Waals surface area (Å²) < 4.78 is 4.95. The molecule has 0 atom stereocenters. The molecule has 20 heavy (non-hydrogen) atoms. The molecule has 0 aliphatic heterocycles. The molecule has 7 nitrogen and oxygen atoms in total. The van der Waals surface area contributed by atoms with Gasteiger partial charge in [-0.2, -0.15) is 0 Å². The van der Waals surface area contributed by atoms with Crippen molar-refractivity contribution >= 4 is 23.5 Å². The van der Waals surface area contributed by atoms with E-state index in [0.717, 1.165) is 0 Å². The maximum atomic E-state index is 11.6. The van der Waals surface area contributed by atoms with Crippen LogP contribution in [0.4, 0.5) is 5.69 Å². The second kappa shape index (κ2) is 7.13. The Morgan fingerprint density at radius 1 is 1.30 bits per heavy atom. The largest absolute Gasteiger partial charge is 0.496 e. The molecule has 1 rings (SSSR count). The van der Waals surface area contributed by atoms with Crippen LogP contribution in [0.3, 0.4) is 0 Å². The average molecular weight is 280 g/mol. The van der Waals surface area contributed by atoms with Gasteiger partial charge >= 0.3 is 5.97 Å². The predicted molar refractivity (Wildman–Crippen MR) is 71.9 cm³/mol. The van der Waals surface area contributed by atoms with Gasteiger partial charge in [0, 0.05) is 31.6 Å². The van der Waals surface area contributed by atoms with Gasteiger partial charge in [0.1, 0.15) is 11.3 Å². The number of carboxylic acid groups (broad SMARTS) is 1. The number of rotatable bonds is 6. The lowest BCUT2D eigenvalue weighted by Gasteiger charge is -2.09. The van der Waals surface area contributed by atoms with Crippen LogP contribution in [-0.2, 0) is 9.59 Å². The first-order chi connectivity index (χ1) is 9.43. The van der Waals surface area contributed by atoms with E-state index in [4.69, 9.17) is 9.84 Å². The van der Waals surface area contributed by atoms with Crippen molar-refractivity contribution in [2.75, 3.05) is 19.0 Å². The second-order valence-corrected chi connectivity index (χ2v) is 4.00. The Morgan fingerprint density at radius 3 is 2.55 bits per heavy atom. The van der Waals surface area contributed by atoms with E-state index >= 15 is 0 Å². The molecule has 0 aromatic heterocycles. The second-order valence-electron chi connectivity index (χ2n) is 4.00. The first-order valence-corrected chi connectivity index (χ1v) is 5.89. The van der Waals surface area contributed by atoms with Crippen LogP contribution in [0.1, 0.15) is 23.7 Å². The van der Waals surface area contributed by atoms with Crippen LogP contribution in [0.25, 0.3) is 0 Å². The van der Waals surface area contributed by atoms with Gasteiger partial charge in [0.15, 0.2) is 0 Å². The van der Waals surface area contributed by atoms with Crippen LogP contribution in [0.15, 0.2) is 18.2 Å². The number of hydrogen-bond donors (Lipinski definition) is 3. The third-order valence-electron chi connectivity index (χ3n) is 2.44. The molecule has 108 valence electrons. The predicted octanol–water partition coefficient (Wildman–Crippen LogP) is 0.858. The minimum absolute atomic E-state index is 0.0174. The highest BCUT2D eigenvalue weighted by Gasteiger charge is 2.12. The van der Waals surface area contributed by atoms with E-state index in [-0.39, 0.29) is 36.1 Å². The maximum Gasteiger partial charge on any atom is 0.339 e. The molecular formula is C13H16N2O5. The number of hydrogen-bond acceptors (Lipinski definition) is 4. The monoisotopic (exact) mass is 280 g/mol. The zero-order chi connectivity index (χ0) is 15.1. The summed E-state index contributed by atoms with van der Waals surface area (Å²) in [6, 6.07) is 4.26. The first-order valence-electron chi connectivity index (χ1n) is 5.89. The SMILES string of the molecule is COc1cc(NC(=O)CCNC(C)=O)ccc1C(=O)O. The zero-order valence-electron chi connectivity index (χ0n) is 11.2. The Bertz CT molecular complexity index is 527. The van der Waals surface area contributed by atoms with Gasteiger partial charge in [0.25, 0.3) is 0 Å². The quantitative estimate of drug-likeness (QED) is 0.716. The molecule has 0 radical (unpaired) electrons. The fraction of sp³-hybridized carbons (Fsp3) is 0.308. The Labute approximate surface area is 115 Å². The molecule has 7 heteroatoms. The number of anilines is 1. The van der Waals surface area contributed by atoms with Crippen LogP contribution in [0.2, 0.25) is 0 Å². The van der Waals surface area contributed by atoms with Crippen LogP contribution in [-0.4, -0.2) is 36.5 Å². The molecule has 0 spiro atoms. The standard InChI is InChI=1S/C13H16N2O5/c1-8(16)14-6-5-12(17)15-9-3-4-10(13(18)19)11(7-9)20-2/h3-4,7H,5-6H2,1-2H3,(H,14,16)(H,15,17)(H,18,19). The molecule has 0 unspecified atom stereocenters. The van der Waals surface area contributed by atoms with Crippen LogP contribution < -0.4 is 15.4 Å². The summed E-state index contributed by atoms with van der Waals surface area (Å²) >= 11 is 0. The smallest absolute Gasteiger partial charge is 0.339 e. The highest BCUT2D eigenvalue weighted by molar-refractivity contribution is 5.94. The van der Waals surface area contributed by atoms with E-state index in [1.807, 2.05) is 0 Å². The van der Waals surface area contributed by atoms with Gasteiger partial charge in [0.05, 0.1) is 7.11 Å². The van der Waals surface area contributed by atoms with E-state index in [2.05, 4.69) is 10.6 Å². The number of carbonyl (C=O) groups excluding carboxylic acids is 2. The Kier molecular flexibility index (Phi) is 5.52. The topological polar surface area (TPSA) is 105 Å². The van der Waals surface area contributed by atoms with Gasteiger partial charge < -0.3 is 20.5 Å². The lowest BCUT2D eigenvalue weighted by molar-refractivity contribution is -0.119. The first kappa shape index (κ1) is 15.5. The molecule has 3 N–H and O–H groups in total. The third kappa shape index (κ3) is 4.60. The fourth-order valence-corrected chi connectivity index (χ4v) is 1.52. The van der Waals surface area contributed by atoms with Crippen LogP contribution >= 0.6 is 0 Å². The summed E-state index contributed by atoms with van der Waals surface area (Å²) in [5.74, 6) is -1.43. The summed E-state index contributed by atoms with van der Waals surface area (Å²) in [6.07, 6.45) is 0.128. The van der Waals surface area contributed by atoms with Crippen molar-refractivity contribution in [2.45, 2.75) is 13.3 Å². The van der Waals surface area contributed by atoms with Gasteiger partial charge in [-0.15, -0.1) is 0 Å². The number of nitrogens with one attached hydrogen (secondary N) is 2. The molecule has 0 saturated carbocycles. The number of methoxy groups -OCH3 is 1. The minimum atomic E-state index is -1.11. The normalized spacial score (nSPS) is 9.70. The van der Waals surface area contributed by atoms with Crippen LogP contribution in [0.5, 0.6) is 5.75 Å². The van der Waals surface area contributed by atoms with E-state index in [1.165, 1.54) is 32.2 Å². The van der Waals surface area contributed by atoms with Crippen molar-refractivity contribution in [1.29, 1.82) is 0 Å². The number of amides is 2. The summed E-state index contributed by atoms with van der Waals surface area (Å²) in [6.45, 7) is 1.61. The number of benzene rings is 1. The number of ether oxygens (including phenoxy) is 1. The summed E-state index contributed by atoms with van der Waals surface area (Å²) in [5, 5.41) is 14.0. The van der Waals surface area contributed by atoms with Crippen molar-refractivity contribution in [2.24, 2.45) is 0 Å². The van der Waals surface area contributed by atoms with Gasteiger partial charge in [-0.3, -0.25) is 9.59 Å². The van der Waals surface area contributed by atoms with E-state index in [0.29, 0.717) is 5.69 Å². The van der Waals surface area contributed by atoms with Crippen LogP contribution in [0, 0.1) is 0 Å². The molecule has 2 amide bonds. The molecular weight excluding hydrogens is 264 g/mol. The third-order valence-corrected chi connectivity index (χ3v) is 2.44. The molecule has 0 aliphatic rings. The van der Waals surface area contributed by atoms with E-state index < -0.39 is 5.97 Å². The highest BCUT2D eigenvalue weighted by Crippen LogP contribution is 2.23. The molecule has 1 aromatic rings. The number of carboxylic acids is 1. The van der Waals surface area contributed by atoms with Gasteiger partial charge in [-0.25, -0.2) is 4.79 Å². The molecule has 0 aliphatic carbocycles. The van der Waals surface area contributed by atoms with Gasteiger partial charge in [-0.1, -0.05) is 0 Å². The van der Waals surface area contributed by atoms with Crippen molar-refractivity contribution < 1.29 is 24.2 Å². The van der Waals surface area contributed by atoms with Gasteiger partial charge in [-0.05, 0) is 12.1 Å². The number of aromatic carboxylic acids is 1. The summed E-state index contributed by atoms with van der Waals surface area (Å²) in [7, 11) is 1.35. The average Bonchev–Trinajstić information content (AvgIpc) is 2.37. The molecule has 0 bridgehead atoms. The van der Waals surface area contributed by atoms with E-state index in [1.54, 1.807) is 0 Å².